The van der Waals surface area contributed by atoms with Crippen molar-refractivity contribution in [3.63, 3.8) is 0 Å². The van der Waals surface area contributed by atoms with Gasteiger partial charge in [0.2, 0.25) is 16.0 Å². The summed E-state index contributed by atoms with van der Waals surface area (Å²) in [5.74, 6) is 0.344. The van der Waals surface area contributed by atoms with E-state index in [9.17, 15) is 13.2 Å². The molecule has 0 spiro atoms. The van der Waals surface area contributed by atoms with Crippen molar-refractivity contribution in [2.75, 3.05) is 38.7 Å². The fourth-order valence-corrected chi connectivity index (χ4v) is 5.96. The highest BCUT2D eigenvalue weighted by molar-refractivity contribution is 8.09. The number of likely N-dealkylation sites (N-methyl/N-ethyl adjacent to an activating group) is 1. The summed E-state index contributed by atoms with van der Waals surface area (Å²) in [5.41, 5.74) is 2.23. The Kier molecular flexibility index (Phi) is 6.28. The smallest absolute Gasteiger partial charge is 0.243 e. The normalized spacial score (nSPS) is 20.2. The van der Waals surface area contributed by atoms with E-state index in [0.717, 1.165) is 16.9 Å². The topological polar surface area (TPSA) is 105 Å². The number of carbonyl (C=O) groups excluding carboxylic acids is 1. The molecule has 1 aromatic heterocycles. The van der Waals surface area contributed by atoms with Crippen LogP contribution < -0.4 is 5.32 Å². The molecule has 1 fully saturated rings. The Morgan fingerprint density at radius 1 is 1.26 bits per heavy atom. The molecule has 1 unspecified atom stereocenters. The molecule has 0 amide bonds. The summed E-state index contributed by atoms with van der Waals surface area (Å²) in [6.07, 6.45) is 2.54. The predicted octanol–water partition coefficient (Wildman–Crippen LogP) is 2.13. The first kappa shape index (κ1) is 21.8. The van der Waals surface area contributed by atoms with E-state index in [1.165, 1.54) is 16.1 Å². The van der Waals surface area contributed by atoms with Crippen LogP contribution in [-0.4, -0.2) is 72.6 Å². The number of morpholine rings is 1. The third-order valence-corrected chi connectivity index (χ3v) is 8.48. The summed E-state index contributed by atoms with van der Waals surface area (Å²) in [6.45, 7) is 3.42. The van der Waals surface area contributed by atoms with Crippen LogP contribution in [0.5, 0.6) is 0 Å². The van der Waals surface area contributed by atoms with Crippen molar-refractivity contribution < 1.29 is 17.9 Å². The molecule has 0 aliphatic carbocycles. The van der Waals surface area contributed by atoms with Crippen molar-refractivity contribution in [2.24, 2.45) is 0 Å². The number of sulfonamides is 1. The van der Waals surface area contributed by atoms with Crippen LogP contribution in [0.25, 0.3) is 4.91 Å². The molecular weight excluding hydrogens is 438 g/mol. The number of aromatic nitrogens is 2. The van der Waals surface area contributed by atoms with Gasteiger partial charge in [0.1, 0.15) is 5.37 Å². The number of hydrogen-bond acceptors (Lipinski definition) is 9. The van der Waals surface area contributed by atoms with E-state index in [4.69, 9.17) is 4.74 Å². The highest BCUT2D eigenvalue weighted by Crippen LogP contribution is 2.41. The van der Waals surface area contributed by atoms with Gasteiger partial charge in [-0.3, -0.25) is 0 Å². The minimum Gasteiger partial charge on any atom is -0.379 e. The van der Waals surface area contributed by atoms with Crippen molar-refractivity contribution in [3.8, 4) is 0 Å². The molecule has 0 bridgehead atoms. The fraction of sp³-hybridized carbons (Fsp3) is 0.350. The van der Waals surface area contributed by atoms with Gasteiger partial charge in [0.25, 0.3) is 0 Å². The molecule has 1 N–H and O–H groups in total. The van der Waals surface area contributed by atoms with Gasteiger partial charge < -0.3 is 19.7 Å². The van der Waals surface area contributed by atoms with Gasteiger partial charge in [-0.1, -0.05) is 17.8 Å². The Morgan fingerprint density at radius 3 is 2.74 bits per heavy atom. The van der Waals surface area contributed by atoms with Gasteiger partial charge >= 0.3 is 0 Å². The average molecular weight is 462 g/mol. The second-order valence-electron chi connectivity index (χ2n) is 7.10. The number of aldehydes is 1. The first-order valence-electron chi connectivity index (χ1n) is 9.74. The zero-order valence-electron chi connectivity index (χ0n) is 17.2. The molecule has 1 atom stereocenters. The van der Waals surface area contributed by atoms with E-state index in [-0.39, 0.29) is 10.3 Å². The van der Waals surface area contributed by atoms with Crippen LogP contribution in [0.2, 0.25) is 0 Å². The Labute approximate surface area is 185 Å². The van der Waals surface area contributed by atoms with Gasteiger partial charge in [-0.2, -0.15) is 4.31 Å². The molecule has 0 saturated carbocycles. The molecule has 9 nitrogen and oxygen atoms in total. The van der Waals surface area contributed by atoms with Crippen LogP contribution in [0, 0.1) is 0 Å². The molecule has 0 radical (unpaired) electrons. The monoisotopic (exact) mass is 461 g/mol. The standard InChI is InChI=1S/C20H23N5O4S2/c1-14-19(30-18(13-26)24(14)2)17-6-7-21-20(23-17)22-15-4-3-5-16(12-15)31(27,28)25-8-10-29-11-9-25/h3-7,12-13,18H,8-11H2,1-2H3,(H,21,22,23). The van der Waals surface area contributed by atoms with Crippen LogP contribution in [0.1, 0.15) is 12.6 Å². The van der Waals surface area contributed by atoms with Crippen molar-refractivity contribution in [3.05, 3.63) is 47.9 Å². The maximum absolute atomic E-state index is 12.9. The summed E-state index contributed by atoms with van der Waals surface area (Å²) in [7, 11) is -1.73. The zero-order valence-corrected chi connectivity index (χ0v) is 18.8. The number of ether oxygens (including phenoxy) is 1. The molecule has 1 aromatic carbocycles. The van der Waals surface area contributed by atoms with E-state index in [2.05, 4.69) is 15.3 Å². The summed E-state index contributed by atoms with van der Waals surface area (Å²) in [5, 5.41) is 2.81. The molecule has 11 heteroatoms. The summed E-state index contributed by atoms with van der Waals surface area (Å²) < 4.78 is 32.5. The average Bonchev–Trinajstić information content (AvgIpc) is 3.08. The zero-order chi connectivity index (χ0) is 22.0. The lowest BCUT2D eigenvalue weighted by molar-refractivity contribution is -0.109. The number of carbonyl (C=O) groups is 1. The number of rotatable bonds is 6. The largest absolute Gasteiger partial charge is 0.379 e. The lowest BCUT2D eigenvalue weighted by Crippen LogP contribution is -2.40. The van der Waals surface area contributed by atoms with E-state index in [0.29, 0.717) is 43.6 Å². The van der Waals surface area contributed by atoms with Crippen molar-refractivity contribution in [2.45, 2.75) is 17.2 Å². The molecule has 2 aromatic rings. The van der Waals surface area contributed by atoms with Crippen LogP contribution in [0.4, 0.5) is 11.6 Å². The minimum atomic E-state index is -3.60. The quantitative estimate of drug-likeness (QED) is 0.648. The highest BCUT2D eigenvalue weighted by atomic mass is 32.2. The number of hydrogen-bond donors (Lipinski definition) is 1. The third-order valence-electron chi connectivity index (χ3n) is 5.18. The van der Waals surface area contributed by atoms with E-state index >= 15 is 0 Å². The Hall–Kier alpha value is -2.47. The third kappa shape index (κ3) is 4.45. The summed E-state index contributed by atoms with van der Waals surface area (Å²) in [4.78, 5) is 23.1. The Balaban J connectivity index is 1.56. The van der Waals surface area contributed by atoms with E-state index < -0.39 is 10.0 Å². The second kappa shape index (κ2) is 8.95. The first-order valence-corrected chi connectivity index (χ1v) is 12.1. The lowest BCUT2D eigenvalue weighted by Gasteiger charge is -2.26. The molecule has 2 aliphatic rings. The number of nitrogens with zero attached hydrogens (tertiary/aromatic N) is 4. The Morgan fingerprint density at radius 2 is 2.03 bits per heavy atom. The highest BCUT2D eigenvalue weighted by Gasteiger charge is 2.29. The maximum Gasteiger partial charge on any atom is 0.243 e. The molecule has 1 saturated heterocycles. The van der Waals surface area contributed by atoms with E-state index in [1.807, 2.05) is 18.9 Å². The van der Waals surface area contributed by atoms with Crippen LogP contribution in [0.3, 0.4) is 0 Å². The number of thioether (sulfide) groups is 1. The molecule has 2 aliphatic heterocycles. The molecular formula is C20H23N5O4S2. The fourth-order valence-electron chi connectivity index (χ4n) is 3.35. The number of allylic oxidation sites excluding steroid dienone is 1. The first-order chi connectivity index (χ1) is 14.9. The van der Waals surface area contributed by atoms with Crippen LogP contribution in [0.15, 0.2) is 47.1 Å². The maximum atomic E-state index is 12.9. The predicted molar refractivity (Wildman–Crippen MR) is 119 cm³/mol. The van der Waals surface area contributed by atoms with Crippen molar-refractivity contribution in [1.29, 1.82) is 0 Å². The van der Waals surface area contributed by atoms with Crippen LogP contribution >= 0.6 is 11.8 Å². The number of nitrogens with one attached hydrogen (secondary N) is 1. The van der Waals surface area contributed by atoms with E-state index in [1.54, 1.807) is 36.5 Å². The molecule has 31 heavy (non-hydrogen) atoms. The number of benzene rings is 1. The SMILES string of the molecule is CC1=C(c2ccnc(Nc3cccc(S(=O)(=O)N4CCOCC4)c3)n2)SC(C=O)N1C. The minimum absolute atomic E-state index is 0.205. The Bertz CT molecular complexity index is 1120. The molecule has 4 rings (SSSR count). The van der Waals surface area contributed by atoms with Gasteiger partial charge in [-0.15, -0.1) is 0 Å². The van der Waals surface area contributed by atoms with Crippen molar-refractivity contribution >= 4 is 44.6 Å². The van der Waals surface area contributed by atoms with Gasteiger partial charge in [0.05, 0.1) is 28.7 Å². The van der Waals surface area contributed by atoms with Gasteiger partial charge in [0.15, 0.2) is 6.29 Å². The molecule has 164 valence electrons. The van der Waals surface area contributed by atoms with Gasteiger partial charge in [0, 0.05) is 37.7 Å². The van der Waals surface area contributed by atoms with Crippen molar-refractivity contribution in [1.82, 2.24) is 19.2 Å². The van der Waals surface area contributed by atoms with Crippen LogP contribution in [-0.2, 0) is 19.6 Å². The second-order valence-corrected chi connectivity index (χ2v) is 10.2. The lowest BCUT2D eigenvalue weighted by atomic mass is 10.3. The summed E-state index contributed by atoms with van der Waals surface area (Å²) >= 11 is 1.44. The number of anilines is 2. The van der Waals surface area contributed by atoms with Gasteiger partial charge in [-0.25, -0.2) is 18.4 Å². The van der Waals surface area contributed by atoms with Gasteiger partial charge in [-0.05, 0) is 31.2 Å². The summed E-state index contributed by atoms with van der Waals surface area (Å²) in [6, 6.07) is 8.39. The molecule has 3 heterocycles.